The van der Waals surface area contributed by atoms with Gasteiger partial charge in [0.2, 0.25) is 7.60 Å². The molecule has 0 aliphatic carbocycles. The SMILES string of the molecule is CCCOP(=O)([O-])C(Cl)(Cl)[P+]([O-])([O-])[O-].[Na+].[Na+].[Na+]. The van der Waals surface area contributed by atoms with Crippen LogP contribution in [0.4, 0.5) is 0 Å². The standard InChI is InChI=1S/C4H10Cl2O6P2.3Na/c1-2-3-12-14(10,11)4(5,6)13(7,8)9;;;/h2-3H2,1H3,(H,10,11)(H2,7,8,9);;;/q;3*+1/p-3. The van der Waals surface area contributed by atoms with Crippen molar-refractivity contribution in [2.24, 2.45) is 0 Å². The van der Waals surface area contributed by atoms with Gasteiger partial charge in [0, 0.05) is 0 Å². The first-order valence-electron chi connectivity index (χ1n) is 3.42. The summed E-state index contributed by atoms with van der Waals surface area (Å²) in [5.74, 6) is 0. The molecule has 0 bridgehead atoms. The van der Waals surface area contributed by atoms with Gasteiger partial charge >= 0.3 is 88.7 Å². The topological polar surface area (TPSA) is 119 Å². The second-order valence-electron chi connectivity index (χ2n) is 2.34. The summed E-state index contributed by atoms with van der Waals surface area (Å²) in [6.45, 7) is 1.29. The molecule has 0 N–H and O–H groups in total. The van der Waals surface area contributed by atoms with Gasteiger partial charge in [-0.2, -0.15) is 0 Å². The van der Waals surface area contributed by atoms with E-state index in [9.17, 15) is 24.1 Å². The predicted octanol–water partition coefficient (Wildman–Crippen LogP) is -10.1. The summed E-state index contributed by atoms with van der Waals surface area (Å²) in [5.41, 5.74) is 0. The Balaban J connectivity index is -0.000000282. The Morgan fingerprint density at radius 2 is 1.59 bits per heavy atom. The van der Waals surface area contributed by atoms with Gasteiger partial charge in [0.25, 0.3) is 3.82 Å². The maximum Gasteiger partial charge on any atom is 1.00 e. The molecule has 0 saturated heterocycles. The van der Waals surface area contributed by atoms with Crippen LogP contribution in [0, 0.1) is 0 Å². The Bertz CT molecular complexity index is 250. The van der Waals surface area contributed by atoms with Gasteiger partial charge in [0.1, 0.15) is 0 Å². The molecule has 0 aliphatic heterocycles. The Kier molecular flexibility index (Phi) is 19.8. The van der Waals surface area contributed by atoms with E-state index in [2.05, 4.69) is 4.52 Å². The molecule has 0 saturated carbocycles. The summed E-state index contributed by atoms with van der Waals surface area (Å²) >= 11 is 9.83. The zero-order valence-electron chi connectivity index (χ0n) is 10.0. The molecule has 1 unspecified atom stereocenters. The van der Waals surface area contributed by atoms with E-state index in [-0.39, 0.29) is 95.3 Å². The molecule has 0 radical (unpaired) electrons. The van der Waals surface area contributed by atoms with Crippen molar-refractivity contribution in [2.45, 2.75) is 17.2 Å². The van der Waals surface area contributed by atoms with Gasteiger partial charge in [-0.1, -0.05) is 6.92 Å². The quantitative estimate of drug-likeness (QED) is 0.275. The van der Waals surface area contributed by atoms with Gasteiger partial charge in [-0.25, -0.2) is 0 Å². The molecule has 0 aromatic rings. The molecule has 0 amide bonds. The van der Waals surface area contributed by atoms with Crippen LogP contribution in [0.5, 0.6) is 0 Å². The smallest absolute Gasteiger partial charge is 0.774 e. The molecule has 86 valence electrons. The van der Waals surface area contributed by atoms with Crippen LogP contribution in [-0.4, -0.2) is 10.4 Å². The fourth-order valence-electron chi connectivity index (χ4n) is 0.439. The predicted molar refractivity (Wildman–Crippen MR) is 45.2 cm³/mol. The van der Waals surface area contributed by atoms with E-state index in [4.69, 9.17) is 23.2 Å². The summed E-state index contributed by atoms with van der Waals surface area (Å²) in [4.78, 5) is 42.3. The first-order chi connectivity index (χ1) is 6.06. The number of alkyl halides is 2. The van der Waals surface area contributed by atoms with Crippen LogP contribution >= 0.6 is 38.7 Å². The van der Waals surface area contributed by atoms with Crippen LogP contribution < -0.4 is 108 Å². The monoisotopic (exact) mass is 352 g/mol. The third-order valence-corrected chi connectivity index (χ3v) is 6.92. The summed E-state index contributed by atoms with van der Waals surface area (Å²) < 4.78 is 11.7. The zero-order chi connectivity index (χ0) is 11.6. The van der Waals surface area contributed by atoms with Crippen molar-refractivity contribution in [3.05, 3.63) is 0 Å². The normalized spacial score (nSPS) is 14.8. The first kappa shape index (κ1) is 29.1. The van der Waals surface area contributed by atoms with Gasteiger partial charge in [-0.15, -0.1) is 7.94 Å². The Labute approximate surface area is 177 Å². The van der Waals surface area contributed by atoms with Gasteiger partial charge in [-0.3, -0.25) is 0 Å². The molecule has 0 spiro atoms. The molecule has 0 aromatic carbocycles. The van der Waals surface area contributed by atoms with Crippen LogP contribution in [0.25, 0.3) is 0 Å². The molecule has 1 atom stereocenters. The van der Waals surface area contributed by atoms with Crippen LogP contribution in [0.15, 0.2) is 0 Å². The molecule has 0 fully saturated rings. The third-order valence-electron chi connectivity index (χ3n) is 1.12. The van der Waals surface area contributed by atoms with E-state index >= 15 is 0 Å². The maximum absolute atomic E-state index is 11.0. The molecule has 6 nitrogen and oxygen atoms in total. The molecule has 0 aromatic heterocycles. The van der Waals surface area contributed by atoms with Crippen LogP contribution in [0.3, 0.4) is 0 Å². The van der Waals surface area contributed by atoms with Gasteiger partial charge in [0.05, 0.1) is 6.61 Å². The second kappa shape index (κ2) is 11.6. The van der Waals surface area contributed by atoms with E-state index in [0.29, 0.717) is 6.42 Å². The number of rotatable bonds is 5. The average Bonchev–Trinajstić information content (AvgIpc) is 1.98. The van der Waals surface area contributed by atoms with Crippen LogP contribution in [0.1, 0.15) is 13.3 Å². The van der Waals surface area contributed by atoms with Crippen LogP contribution in [-0.2, 0) is 9.09 Å². The molecule has 0 aliphatic rings. The Morgan fingerprint density at radius 3 is 1.82 bits per heavy atom. The minimum atomic E-state index is -5.70. The van der Waals surface area contributed by atoms with E-state index in [0.717, 1.165) is 0 Å². The fourth-order valence-corrected chi connectivity index (χ4v) is 2.68. The zero-order valence-corrected chi connectivity index (χ0v) is 19.3. The van der Waals surface area contributed by atoms with Gasteiger partial charge in [-0.05, 0) is 29.6 Å². The molecule has 0 heterocycles. The van der Waals surface area contributed by atoms with E-state index in [1.807, 2.05) is 0 Å². The van der Waals surface area contributed by atoms with E-state index in [1.165, 1.54) is 0 Å². The Hall–Kier alpha value is 4.04. The summed E-state index contributed by atoms with van der Waals surface area (Å²) in [7, 11) is -10.8. The molecule has 17 heavy (non-hydrogen) atoms. The molecule has 13 heteroatoms. The van der Waals surface area contributed by atoms with Crippen molar-refractivity contribution in [1.29, 1.82) is 0 Å². The van der Waals surface area contributed by atoms with Crippen molar-refractivity contribution in [2.75, 3.05) is 6.61 Å². The van der Waals surface area contributed by atoms with E-state index in [1.54, 1.807) is 6.92 Å². The summed E-state index contributed by atoms with van der Waals surface area (Å²) in [5, 5.41) is 0. The minimum Gasteiger partial charge on any atom is -0.774 e. The van der Waals surface area contributed by atoms with Crippen molar-refractivity contribution in [3.8, 4) is 0 Å². The second-order valence-corrected chi connectivity index (χ2v) is 8.66. The Morgan fingerprint density at radius 1 is 1.24 bits per heavy atom. The van der Waals surface area contributed by atoms with Gasteiger partial charge < -0.3 is 28.7 Å². The van der Waals surface area contributed by atoms with Crippen molar-refractivity contribution >= 4 is 38.7 Å². The first-order valence-corrected chi connectivity index (χ1v) is 7.26. The summed E-state index contributed by atoms with van der Waals surface area (Å²) in [6.07, 6.45) is 0.304. The third kappa shape index (κ3) is 8.92. The van der Waals surface area contributed by atoms with Gasteiger partial charge in [0.15, 0.2) is 0 Å². The van der Waals surface area contributed by atoms with Crippen molar-refractivity contribution < 1.29 is 117 Å². The molecular weight excluding hydrogens is 346 g/mol. The largest absolute Gasteiger partial charge is 1.00 e. The van der Waals surface area contributed by atoms with E-state index < -0.39 is 19.4 Å². The maximum atomic E-state index is 11.0. The molecule has 0 rings (SSSR count). The number of hydrogen-bond donors (Lipinski definition) is 0. The number of halogens is 2. The average molecular weight is 353 g/mol. The van der Waals surface area contributed by atoms with Crippen LogP contribution in [0.2, 0.25) is 0 Å². The molecular formula is C4H7Cl2Na3O6P2. The van der Waals surface area contributed by atoms with Crippen molar-refractivity contribution in [1.82, 2.24) is 0 Å². The fraction of sp³-hybridized carbons (Fsp3) is 1.00. The summed E-state index contributed by atoms with van der Waals surface area (Å²) in [6, 6.07) is 0. The number of hydrogen-bond acceptors (Lipinski definition) is 6. The van der Waals surface area contributed by atoms with Crippen molar-refractivity contribution in [3.63, 3.8) is 0 Å². The minimum absolute atomic E-state index is 0.